The monoisotopic (exact) mass is 358 g/mol. The molecule has 6 nitrogen and oxygen atoms in total. The number of hydrogen-bond acceptors (Lipinski definition) is 5. The number of carboxylic acids is 1. The van der Waals surface area contributed by atoms with Crippen molar-refractivity contribution >= 4 is 11.8 Å². The molecule has 1 fully saturated rings. The van der Waals surface area contributed by atoms with Gasteiger partial charge < -0.3 is 10.4 Å². The van der Waals surface area contributed by atoms with E-state index in [4.69, 9.17) is 5.11 Å². The van der Waals surface area contributed by atoms with Crippen LogP contribution < -0.4 is 5.32 Å². The topological polar surface area (TPSA) is 78.4 Å². The molecule has 0 atom stereocenters. The highest BCUT2D eigenvalue weighted by Crippen LogP contribution is 2.29. The van der Waals surface area contributed by atoms with Crippen LogP contribution in [0.2, 0.25) is 0 Å². The molecule has 0 unspecified atom stereocenters. The Bertz CT molecular complexity index is 793. The van der Waals surface area contributed by atoms with Gasteiger partial charge in [-0.25, -0.2) is 4.39 Å². The largest absolute Gasteiger partial charge is 0.480 e. The number of nitrogens with zero attached hydrogens (tertiary/aromatic N) is 3. The molecule has 7 heteroatoms. The fraction of sp³-hybridized carbons (Fsp3) is 0.421. The smallest absolute Gasteiger partial charge is 0.317 e. The molecule has 1 aliphatic rings. The van der Waals surface area contributed by atoms with Gasteiger partial charge in [-0.1, -0.05) is 19.1 Å². The van der Waals surface area contributed by atoms with E-state index < -0.39 is 5.97 Å². The molecule has 2 N–H and O–H groups in total. The van der Waals surface area contributed by atoms with Crippen LogP contribution in [-0.2, 0) is 4.79 Å². The number of aliphatic carboxylic acids is 1. The molecule has 0 saturated heterocycles. The number of benzene rings is 1. The third-order valence-corrected chi connectivity index (χ3v) is 4.82. The van der Waals surface area contributed by atoms with E-state index >= 15 is 0 Å². The second-order valence-electron chi connectivity index (χ2n) is 6.69. The lowest BCUT2D eigenvalue weighted by Crippen LogP contribution is -2.51. The fourth-order valence-electron chi connectivity index (χ4n) is 3.29. The van der Waals surface area contributed by atoms with Gasteiger partial charge in [0, 0.05) is 17.6 Å². The maximum Gasteiger partial charge on any atom is 0.317 e. The number of hydrogen-bond donors (Lipinski definition) is 2. The summed E-state index contributed by atoms with van der Waals surface area (Å²) in [6.45, 7) is 4.73. The number of nitrogens with one attached hydrogen (secondary N) is 1. The quantitative estimate of drug-likeness (QED) is 0.792. The summed E-state index contributed by atoms with van der Waals surface area (Å²) < 4.78 is 13.4. The fourth-order valence-corrected chi connectivity index (χ4v) is 3.29. The predicted molar refractivity (Wildman–Crippen MR) is 97.5 cm³/mol. The maximum absolute atomic E-state index is 13.4. The zero-order valence-corrected chi connectivity index (χ0v) is 14.9. The molecule has 0 radical (unpaired) electrons. The Morgan fingerprint density at radius 3 is 2.73 bits per heavy atom. The Balaban J connectivity index is 1.61. The van der Waals surface area contributed by atoms with Crippen LogP contribution in [0.25, 0.3) is 11.3 Å². The van der Waals surface area contributed by atoms with Crippen molar-refractivity contribution in [2.75, 3.05) is 18.4 Å². The molecule has 0 aliphatic heterocycles. The molecule has 0 spiro atoms. The van der Waals surface area contributed by atoms with Crippen molar-refractivity contribution in [1.29, 1.82) is 0 Å². The predicted octanol–water partition coefficient (Wildman–Crippen LogP) is 2.94. The number of aromatic nitrogens is 2. The van der Waals surface area contributed by atoms with E-state index in [1.807, 2.05) is 24.8 Å². The lowest BCUT2D eigenvalue weighted by atomic mass is 9.85. The summed E-state index contributed by atoms with van der Waals surface area (Å²) in [6.07, 6.45) is 1.77. The molecule has 1 heterocycles. The minimum absolute atomic E-state index is 0.0784. The Labute approximate surface area is 152 Å². The van der Waals surface area contributed by atoms with Crippen molar-refractivity contribution in [2.24, 2.45) is 0 Å². The lowest BCUT2D eigenvalue weighted by molar-refractivity contribution is -0.139. The molecule has 26 heavy (non-hydrogen) atoms. The molecule has 138 valence electrons. The van der Waals surface area contributed by atoms with Gasteiger partial charge in [-0.15, -0.1) is 10.2 Å². The van der Waals surface area contributed by atoms with Crippen molar-refractivity contribution in [1.82, 2.24) is 15.1 Å². The van der Waals surface area contributed by atoms with Crippen LogP contribution in [0.5, 0.6) is 0 Å². The number of halogens is 1. The standard InChI is InChI=1S/C19H23FN4O2/c1-3-24(11-18(25)26)16-9-15(10-16)21-19-12(2)7-17(22-23-19)13-5-4-6-14(20)8-13/h4-8,15-16H,3,9-11H2,1-2H3,(H,21,23)(H,25,26). The number of aryl methyl sites for hydroxylation is 1. The van der Waals surface area contributed by atoms with Crippen molar-refractivity contribution in [2.45, 2.75) is 38.8 Å². The van der Waals surface area contributed by atoms with Crippen LogP contribution in [0, 0.1) is 12.7 Å². The van der Waals surface area contributed by atoms with Gasteiger partial charge in [-0.3, -0.25) is 9.69 Å². The van der Waals surface area contributed by atoms with Crippen LogP contribution >= 0.6 is 0 Å². The Morgan fingerprint density at radius 2 is 2.12 bits per heavy atom. The van der Waals surface area contributed by atoms with Crippen molar-refractivity contribution < 1.29 is 14.3 Å². The van der Waals surface area contributed by atoms with Gasteiger partial charge in [0.25, 0.3) is 0 Å². The highest BCUT2D eigenvalue weighted by Gasteiger charge is 2.34. The van der Waals surface area contributed by atoms with Crippen LogP contribution in [0.4, 0.5) is 10.2 Å². The number of carbonyl (C=O) groups is 1. The van der Waals surface area contributed by atoms with Crippen molar-refractivity contribution in [3.8, 4) is 11.3 Å². The summed E-state index contributed by atoms with van der Waals surface area (Å²) in [5.74, 6) is -0.376. The molecule has 1 aliphatic carbocycles. The minimum Gasteiger partial charge on any atom is -0.480 e. The van der Waals surface area contributed by atoms with Crippen molar-refractivity contribution in [3.05, 3.63) is 41.7 Å². The van der Waals surface area contributed by atoms with E-state index in [0.717, 1.165) is 30.8 Å². The van der Waals surface area contributed by atoms with Gasteiger partial charge in [0.2, 0.25) is 0 Å². The van der Waals surface area contributed by atoms with Crippen LogP contribution in [-0.4, -0.2) is 51.3 Å². The summed E-state index contributed by atoms with van der Waals surface area (Å²) in [5, 5.41) is 20.8. The first-order valence-corrected chi connectivity index (χ1v) is 8.79. The summed E-state index contributed by atoms with van der Waals surface area (Å²) in [6, 6.07) is 8.73. The second kappa shape index (κ2) is 7.78. The van der Waals surface area contributed by atoms with Crippen LogP contribution in [0.15, 0.2) is 30.3 Å². The van der Waals surface area contributed by atoms with E-state index in [2.05, 4.69) is 15.5 Å². The van der Waals surface area contributed by atoms with E-state index in [1.165, 1.54) is 12.1 Å². The number of carboxylic acid groups (broad SMARTS) is 1. The van der Waals surface area contributed by atoms with Gasteiger partial charge in [0.15, 0.2) is 5.82 Å². The Morgan fingerprint density at radius 1 is 1.35 bits per heavy atom. The molecular weight excluding hydrogens is 335 g/mol. The van der Waals surface area contributed by atoms with Gasteiger partial charge in [-0.05, 0) is 50.1 Å². The van der Waals surface area contributed by atoms with Gasteiger partial charge in [0.05, 0.1) is 12.2 Å². The normalized spacial score (nSPS) is 19.2. The molecule has 0 amide bonds. The summed E-state index contributed by atoms with van der Waals surface area (Å²) in [5.41, 5.74) is 2.28. The van der Waals surface area contributed by atoms with Gasteiger partial charge in [-0.2, -0.15) is 0 Å². The molecule has 2 aromatic rings. The minimum atomic E-state index is -0.794. The number of likely N-dealkylation sites (N-methyl/N-ethyl adjacent to an activating group) is 1. The third-order valence-electron chi connectivity index (χ3n) is 4.82. The molecule has 0 bridgehead atoms. The average molecular weight is 358 g/mol. The van der Waals surface area contributed by atoms with Crippen molar-refractivity contribution in [3.63, 3.8) is 0 Å². The first kappa shape index (κ1) is 18.3. The van der Waals surface area contributed by atoms with Gasteiger partial charge in [0.1, 0.15) is 5.82 Å². The highest BCUT2D eigenvalue weighted by atomic mass is 19.1. The molecular formula is C19H23FN4O2. The van der Waals surface area contributed by atoms with E-state index in [1.54, 1.807) is 12.1 Å². The van der Waals surface area contributed by atoms with E-state index in [9.17, 15) is 9.18 Å². The highest BCUT2D eigenvalue weighted by molar-refractivity contribution is 5.69. The number of rotatable bonds is 7. The lowest BCUT2D eigenvalue weighted by Gasteiger charge is -2.42. The summed E-state index contributed by atoms with van der Waals surface area (Å²) in [7, 11) is 0. The summed E-state index contributed by atoms with van der Waals surface area (Å²) in [4.78, 5) is 12.9. The molecule has 1 saturated carbocycles. The summed E-state index contributed by atoms with van der Waals surface area (Å²) >= 11 is 0. The second-order valence-corrected chi connectivity index (χ2v) is 6.69. The SMILES string of the molecule is CCN(CC(=O)O)C1CC(Nc2nnc(-c3cccc(F)c3)cc2C)C1. The Hall–Kier alpha value is -2.54. The first-order valence-electron chi connectivity index (χ1n) is 8.79. The zero-order valence-electron chi connectivity index (χ0n) is 14.9. The van der Waals surface area contributed by atoms with Crippen LogP contribution in [0.3, 0.4) is 0 Å². The van der Waals surface area contributed by atoms with E-state index in [-0.39, 0.29) is 24.4 Å². The first-order chi connectivity index (χ1) is 12.5. The Kier molecular flexibility index (Phi) is 5.46. The molecule has 1 aromatic carbocycles. The van der Waals surface area contributed by atoms with E-state index in [0.29, 0.717) is 11.3 Å². The van der Waals surface area contributed by atoms with Crippen LogP contribution in [0.1, 0.15) is 25.3 Å². The van der Waals surface area contributed by atoms with Gasteiger partial charge >= 0.3 is 5.97 Å². The molecule has 1 aromatic heterocycles. The average Bonchev–Trinajstić information content (AvgIpc) is 2.57. The molecule has 3 rings (SSSR count). The zero-order chi connectivity index (χ0) is 18.7. The maximum atomic E-state index is 13.4. The number of anilines is 1. The third kappa shape index (κ3) is 4.16.